The van der Waals surface area contributed by atoms with E-state index in [-0.39, 0.29) is 30.9 Å². The van der Waals surface area contributed by atoms with Crippen LogP contribution in [0.5, 0.6) is 0 Å². The van der Waals surface area contributed by atoms with E-state index in [1.165, 1.54) is 18.4 Å². The molecule has 0 aliphatic heterocycles. The second-order valence-corrected chi connectivity index (χ2v) is 5.96. The van der Waals surface area contributed by atoms with Gasteiger partial charge in [-0.1, -0.05) is 26.0 Å². The molecule has 2 aromatic rings. The van der Waals surface area contributed by atoms with Crippen molar-refractivity contribution in [2.45, 2.75) is 26.4 Å². The number of imide groups is 1. The van der Waals surface area contributed by atoms with Crippen LogP contribution in [0.25, 0.3) is 0 Å². The second-order valence-electron chi connectivity index (χ2n) is 5.96. The standard InChI is InChI=1S/C18H22FN3O3/c1-12(2)17(13-5-7-14(19)8-6-13)20-11-16(23)22-18(24)21-10-15-4-3-9-25-15/h3-9,12,17,20H,10-11H2,1-2H3,(H2,21,22,23,24)/t17-/m0/s1. The SMILES string of the molecule is CC(C)[C@H](NCC(=O)NC(=O)NCc1ccco1)c1ccc(F)cc1. The molecule has 7 heteroatoms. The lowest BCUT2D eigenvalue weighted by molar-refractivity contribution is -0.119. The van der Waals surface area contributed by atoms with Gasteiger partial charge in [0.05, 0.1) is 19.4 Å². The molecule has 0 spiro atoms. The van der Waals surface area contributed by atoms with Gasteiger partial charge in [0.15, 0.2) is 0 Å². The first-order chi connectivity index (χ1) is 12.0. The van der Waals surface area contributed by atoms with Gasteiger partial charge in [0.2, 0.25) is 5.91 Å². The van der Waals surface area contributed by atoms with Crippen molar-refractivity contribution in [3.8, 4) is 0 Å². The molecule has 0 unspecified atom stereocenters. The first-order valence-corrected chi connectivity index (χ1v) is 8.04. The number of hydrogen-bond donors (Lipinski definition) is 3. The first-order valence-electron chi connectivity index (χ1n) is 8.04. The lowest BCUT2D eigenvalue weighted by Crippen LogP contribution is -2.44. The normalized spacial score (nSPS) is 12.0. The molecule has 1 aromatic carbocycles. The molecule has 6 nitrogen and oxygen atoms in total. The largest absolute Gasteiger partial charge is 0.467 e. The lowest BCUT2D eigenvalue weighted by atomic mass is 9.96. The average molecular weight is 347 g/mol. The molecule has 0 fully saturated rings. The number of benzene rings is 1. The van der Waals surface area contributed by atoms with Gasteiger partial charge in [-0.15, -0.1) is 0 Å². The van der Waals surface area contributed by atoms with Gasteiger partial charge < -0.3 is 15.1 Å². The molecule has 3 N–H and O–H groups in total. The summed E-state index contributed by atoms with van der Waals surface area (Å²) in [5.74, 6) is 0.0184. The van der Waals surface area contributed by atoms with Gasteiger partial charge in [-0.2, -0.15) is 0 Å². The summed E-state index contributed by atoms with van der Waals surface area (Å²) in [7, 11) is 0. The number of halogens is 1. The number of amides is 3. The van der Waals surface area contributed by atoms with Crippen LogP contribution in [0.3, 0.4) is 0 Å². The van der Waals surface area contributed by atoms with Crippen LogP contribution in [0.4, 0.5) is 9.18 Å². The fourth-order valence-electron chi connectivity index (χ4n) is 2.41. The Balaban J connectivity index is 1.80. The van der Waals surface area contributed by atoms with E-state index < -0.39 is 11.9 Å². The highest BCUT2D eigenvalue weighted by Crippen LogP contribution is 2.21. The molecule has 1 aromatic heterocycles. The fourth-order valence-corrected chi connectivity index (χ4v) is 2.41. The molecule has 2 rings (SSSR count). The van der Waals surface area contributed by atoms with Crippen LogP contribution in [-0.2, 0) is 11.3 Å². The molecule has 1 atom stereocenters. The van der Waals surface area contributed by atoms with E-state index in [0.29, 0.717) is 5.76 Å². The minimum Gasteiger partial charge on any atom is -0.467 e. The van der Waals surface area contributed by atoms with Crippen molar-refractivity contribution < 1.29 is 18.4 Å². The van der Waals surface area contributed by atoms with Gasteiger partial charge >= 0.3 is 6.03 Å². The van der Waals surface area contributed by atoms with E-state index >= 15 is 0 Å². The van der Waals surface area contributed by atoms with E-state index in [1.807, 2.05) is 13.8 Å². The molecule has 0 aliphatic rings. The van der Waals surface area contributed by atoms with Crippen molar-refractivity contribution in [2.75, 3.05) is 6.54 Å². The summed E-state index contributed by atoms with van der Waals surface area (Å²) >= 11 is 0. The Kier molecular flexibility index (Phi) is 6.71. The highest BCUT2D eigenvalue weighted by molar-refractivity contribution is 5.95. The quantitative estimate of drug-likeness (QED) is 0.719. The van der Waals surface area contributed by atoms with Gasteiger partial charge in [-0.05, 0) is 35.7 Å². The lowest BCUT2D eigenvalue weighted by Gasteiger charge is -2.22. The van der Waals surface area contributed by atoms with Gasteiger partial charge in [0, 0.05) is 6.04 Å². The Hall–Kier alpha value is -2.67. The number of nitrogens with one attached hydrogen (secondary N) is 3. The van der Waals surface area contributed by atoms with Gasteiger partial charge in [-0.25, -0.2) is 9.18 Å². The number of carbonyl (C=O) groups excluding carboxylic acids is 2. The summed E-state index contributed by atoms with van der Waals surface area (Å²) < 4.78 is 18.1. The van der Waals surface area contributed by atoms with Crippen molar-refractivity contribution >= 4 is 11.9 Å². The Morgan fingerprint density at radius 2 is 1.88 bits per heavy atom. The van der Waals surface area contributed by atoms with Crippen LogP contribution in [0.2, 0.25) is 0 Å². The topological polar surface area (TPSA) is 83.4 Å². The number of furan rings is 1. The molecule has 0 radical (unpaired) electrons. The van der Waals surface area contributed by atoms with Crippen molar-refractivity contribution in [2.24, 2.45) is 5.92 Å². The molecular formula is C18H22FN3O3. The minimum atomic E-state index is -0.592. The molecule has 3 amide bonds. The average Bonchev–Trinajstić information content (AvgIpc) is 3.08. The molecule has 1 heterocycles. The van der Waals surface area contributed by atoms with Gasteiger partial charge in [0.1, 0.15) is 11.6 Å². The van der Waals surface area contributed by atoms with Crippen molar-refractivity contribution in [1.29, 1.82) is 0 Å². The van der Waals surface area contributed by atoms with E-state index in [1.54, 1.807) is 24.3 Å². The van der Waals surface area contributed by atoms with E-state index in [4.69, 9.17) is 4.42 Å². The van der Waals surface area contributed by atoms with Crippen LogP contribution >= 0.6 is 0 Å². The highest BCUT2D eigenvalue weighted by Gasteiger charge is 2.17. The molecule has 0 saturated heterocycles. The van der Waals surface area contributed by atoms with Crippen LogP contribution < -0.4 is 16.0 Å². The second kappa shape index (κ2) is 8.98. The van der Waals surface area contributed by atoms with E-state index in [2.05, 4.69) is 16.0 Å². The summed E-state index contributed by atoms with van der Waals surface area (Å²) in [4.78, 5) is 23.6. The molecule has 0 bridgehead atoms. The third-order valence-electron chi connectivity index (χ3n) is 3.63. The minimum absolute atomic E-state index is 0.0333. The van der Waals surface area contributed by atoms with Crippen LogP contribution in [-0.4, -0.2) is 18.5 Å². The Labute approximate surface area is 145 Å². The number of carbonyl (C=O) groups is 2. The monoisotopic (exact) mass is 347 g/mol. The van der Waals surface area contributed by atoms with E-state index in [0.717, 1.165) is 5.56 Å². The number of rotatable bonds is 7. The zero-order chi connectivity index (χ0) is 18.2. The van der Waals surface area contributed by atoms with Crippen LogP contribution in [0.1, 0.15) is 31.2 Å². The summed E-state index contributed by atoms with van der Waals surface area (Å²) in [6, 6.07) is 8.85. The third-order valence-corrected chi connectivity index (χ3v) is 3.63. The Bertz CT molecular complexity index is 684. The maximum Gasteiger partial charge on any atom is 0.321 e. The van der Waals surface area contributed by atoms with Gasteiger partial charge in [-0.3, -0.25) is 10.1 Å². The third kappa shape index (κ3) is 6.04. The zero-order valence-electron chi connectivity index (χ0n) is 14.2. The molecule has 134 valence electrons. The molecule has 0 aliphatic carbocycles. The van der Waals surface area contributed by atoms with E-state index in [9.17, 15) is 14.0 Å². The Morgan fingerprint density at radius 1 is 1.16 bits per heavy atom. The van der Waals surface area contributed by atoms with Crippen molar-refractivity contribution in [1.82, 2.24) is 16.0 Å². The van der Waals surface area contributed by atoms with Crippen LogP contribution in [0, 0.1) is 11.7 Å². The van der Waals surface area contributed by atoms with Gasteiger partial charge in [0.25, 0.3) is 0 Å². The van der Waals surface area contributed by atoms with Crippen molar-refractivity contribution in [3.63, 3.8) is 0 Å². The highest BCUT2D eigenvalue weighted by atomic mass is 19.1. The first kappa shape index (κ1) is 18.7. The fraction of sp³-hybridized carbons (Fsp3) is 0.333. The predicted octanol–water partition coefficient (Wildman–Crippen LogP) is 2.73. The maximum atomic E-state index is 13.0. The summed E-state index contributed by atoms with van der Waals surface area (Å²) in [5.41, 5.74) is 0.881. The Morgan fingerprint density at radius 3 is 2.48 bits per heavy atom. The summed E-state index contributed by atoms with van der Waals surface area (Å²) in [6.07, 6.45) is 1.51. The maximum absolute atomic E-state index is 13.0. The van der Waals surface area contributed by atoms with Crippen LogP contribution in [0.15, 0.2) is 47.1 Å². The predicted molar refractivity (Wildman–Crippen MR) is 91.1 cm³/mol. The number of urea groups is 1. The molecular weight excluding hydrogens is 325 g/mol. The smallest absolute Gasteiger partial charge is 0.321 e. The zero-order valence-corrected chi connectivity index (χ0v) is 14.2. The summed E-state index contributed by atoms with van der Waals surface area (Å²) in [6.45, 7) is 4.15. The molecule has 25 heavy (non-hydrogen) atoms. The number of hydrogen-bond acceptors (Lipinski definition) is 4. The van der Waals surface area contributed by atoms with Crippen molar-refractivity contribution in [3.05, 3.63) is 59.8 Å². The molecule has 0 saturated carbocycles. The summed E-state index contributed by atoms with van der Waals surface area (Å²) in [5, 5.41) is 7.87.